The molecule has 8 nitrogen and oxygen atoms in total. The second kappa shape index (κ2) is 6.08. The van der Waals surface area contributed by atoms with E-state index in [9.17, 15) is 19.5 Å². The summed E-state index contributed by atoms with van der Waals surface area (Å²) in [6, 6.07) is -1.29. The maximum Gasteiger partial charge on any atom is 0.326 e. The maximum absolute atomic E-state index is 11.8. The molecule has 2 aliphatic rings. The molecule has 2 fully saturated rings. The molecule has 0 unspecified atom stereocenters. The van der Waals surface area contributed by atoms with Gasteiger partial charge in [-0.05, 0) is 12.8 Å². The first-order chi connectivity index (χ1) is 9.47. The summed E-state index contributed by atoms with van der Waals surface area (Å²) in [6.07, 6.45) is 1.38. The zero-order valence-corrected chi connectivity index (χ0v) is 11.0. The van der Waals surface area contributed by atoms with E-state index in [-0.39, 0.29) is 37.9 Å². The van der Waals surface area contributed by atoms with Crippen LogP contribution < -0.4 is 10.6 Å². The van der Waals surface area contributed by atoms with Crippen LogP contribution in [0.25, 0.3) is 0 Å². The van der Waals surface area contributed by atoms with Crippen LogP contribution in [0.15, 0.2) is 0 Å². The monoisotopic (exact) mass is 285 g/mol. The Morgan fingerprint density at radius 3 is 2.55 bits per heavy atom. The van der Waals surface area contributed by atoms with Crippen molar-refractivity contribution in [3.63, 3.8) is 0 Å². The zero-order chi connectivity index (χ0) is 14.7. The van der Waals surface area contributed by atoms with Crippen molar-refractivity contribution in [2.24, 2.45) is 0 Å². The van der Waals surface area contributed by atoms with Crippen molar-refractivity contribution in [1.82, 2.24) is 15.5 Å². The SMILES string of the molecule is O=C(CCNC(=O)N1C[C@@H](O)C[C@H]1C(=O)O)NC1CC1. The number of aliphatic hydroxyl groups excluding tert-OH is 1. The number of likely N-dealkylation sites (tertiary alicyclic amines) is 1. The molecule has 1 aliphatic heterocycles. The number of carboxylic acids is 1. The highest BCUT2D eigenvalue weighted by atomic mass is 16.4. The summed E-state index contributed by atoms with van der Waals surface area (Å²) < 4.78 is 0. The molecule has 2 atom stereocenters. The lowest BCUT2D eigenvalue weighted by Crippen LogP contribution is -2.46. The number of carbonyl (C=O) groups is 3. The highest BCUT2D eigenvalue weighted by Crippen LogP contribution is 2.19. The van der Waals surface area contributed by atoms with Crippen molar-refractivity contribution in [2.45, 2.75) is 43.9 Å². The van der Waals surface area contributed by atoms with E-state index >= 15 is 0 Å². The highest BCUT2D eigenvalue weighted by molar-refractivity contribution is 5.84. The fourth-order valence-electron chi connectivity index (χ4n) is 2.18. The summed E-state index contributed by atoms with van der Waals surface area (Å²) in [5.74, 6) is -1.26. The van der Waals surface area contributed by atoms with Crippen LogP contribution in [-0.2, 0) is 9.59 Å². The van der Waals surface area contributed by atoms with Gasteiger partial charge in [0.1, 0.15) is 6.04 Å². The van der Waals surface area contributed by atoms with Gasteiger partial charge in [0.15, 0.2) is 0 Å². The summed E-state index contributed by atoms with van der Waals surface area (Å²) in [5, 5.41) is 23.7. The molecule has 0 bridgehead atoms. The molecular formula is C12H19N3O5. The summed E-state index contributed by atoms with van der Waals surface area (Å²) in [6.45, 7) is 0.146. The zero-order valence-electron chi connectivity index (χ0n) is 11.0. The lowest BCUT2D eigenvalue weighted by Gasteiger charge is -2.21. The van der Waals surface area contributed by atoms with Gasteiger partial charge in [-0.3, -0.25) is 4.79 Å². The van der Waals surface area contributed by atoms with Crippen molar-refractivity contribution in [3.05, 3.63) is 0 Å². The van der Waals surface area contributed by atoms with Gasteiger partial charge in [0.2, 0.25) is 5.91 Å². The predicted molar refractivity (Wildman–Crippen MR) is 67.9 cm³/mol. The van der Waals surface area contributed by atoms with Gasteiger partial charge in [-0.25, -0.2) is 9.59 Å². The van der Waals surface area contributed by atoms with Gasteiger partial charge in [-0.1, -0.05) is 0 Å². The smallest absolute Gasteiger partial charge is 0.326 e. The summed E-state index contributed by atoms with van der Waals surface area (Å²) >= 11 is 0. The van der Waals surface area contributed by atoms with Crippen LogP contribution in [-0.4, -0.2) is 64.3 Å². The fourth-order valence-corrected chi connectivity index (χ4v) is 2.18. The minimum Gasteiger partial charge on any atom is -0.480 e. The number of nitrogens with one attached hydrogen (secondary N) is 2. The molecule has 0 aromatic carbocycles. The maximum atomic E-state index is 11.8. The Kier molecular flexibility index (Phi) is 4.43. The van der Waals surface area contributed by atoms with Crippen molar-refractivity contribution >= 4 is 17.9 Å². The normalized spacial score (nSPS) is 25.4. The molecular weight excluding hydrogens is 266 g/mol. The molecule has 0 radical (unpaired) electrons. The average molecular weight is 285 g/mol. The van der Waals surface area contributed by atoms with Crippen LogP contribution in [0.2, 0.25) is 0 Å². The van der Waals surface area contributed by atoms with Crippen LogP contribution in [0.4, 0.5) is 4.79 Å². The molecule has 112 valence electrons. The summed E-state index contributed by atoms with van der Waals surface area (Å²) in [7, 11) is 0. The van der Waals surface area contributed by atoms with Crippen molar-refractivity contribution in [1.29, 1.82) is 0 Å². The number of hydrogen-bond donors (Lipinski definition) is 4. The number of β-amino-alcohol motifs (C(OH)–C–C–N with tert-alkyl or cyclic N) is 1. The molecule has 2 rings (SSSR count). The third kappa shape index (κ3) is 3.83. The molecule has 1 aliphatic carbocycles. The van der Waals surface area contributed by atoms with Crippen LogP contribution >= 0.6 is 0 Å². The second-order valence-corrected chi connectivity index (χ2v) is 5.22. The summed E-state index contributed by atoms with van der Waals surface area (Å²) in [5.41, 5.74) is 0. The number of aliphatic hydroxyl groups is 1. The number of carboxylic acid groups (broad SMARTS) is 1. The molecule has 0 spiro atoms. The van der Waals surface area contributed by atoms with E-state index in [1.165, 1.54) is 0 Å². The van der Waals surface area contributed by atoms with E-state index in [2.05, 4.69) is 10.6 Å². The quantitative estimate of drug-likeness (QED) is 0.510. The Labute approximate surface area is 116 Å². The Morgan fingerprint density at radius 2 is 1.95 bits per heavy atom. The van der Waals surface area contributed by atoms with Gasteiger partial charge in [0, 0.05) is 32.0 Å². The first-order valence-corrected chi connectivity index (χ1v) is 6.72. The van der Waals surface area contributed by atoms with Crippen molar-refractivity contribution < 1.29 is 24.6 Å². The minimum absolute atomic E-state index is 0.00291. The van der Waals surface area contributed by atoms with E-state index < -0.39 is 24.1 Å². The van der Waals surface area contributed by atoms with E-state index in [1.807, 2.05) is 0 Å². The van der Waals surface area contributed by atoms with Crippen LogP contribution in [0.5, 0.6) is 0 Å². The molecule has 4 N–H and O–H groups in total. The molecule has 1 saturated heterocycles. The number of urea groups is 1. The Balaban J connectivity index is 1.73. The molecule has 1 heterocycles. The molecule has 1 saturated carbocycles. The van der Waals surface area contributed by atoms with E-state index in [0.717, 1.165) is 17.7 Å². The van der Waals surface area contributed by atoms with Crippen molar-refractivity contribution in [3.8, 4) is 0 Å². The van der Waals surface area contributed by atoms with E-state index in [4.69, 9.17) is 5.11 Å². The van der Waals surface area contributed by atoms with Gasteiger partial charge in [0.05, 0.1) is 6.10 Å². The first kappa shape index (κ1) is 14.6. The first-order valence-electron chi connectivity index (χ1n) is 6.72. The minimum atomic E-state index is -1.14. The molecule has 0 aromatic heterocycles. The van der Waals surface area contributed by atoms with E-state index in [1.54, 1.807) is 0 Å². The Hall–Kier alpha value is -1.83. The third-order valence-electron chi connectivity index (χ3n) is 3.40. The molecule has 8 heteroatoms. The average Bonchev–Trinajstić information content (AvgIpc) is 3.08. The van der Waals surface area contributed by atoms with Crippen LogP contribution in [0.3, 0.4) is 0 Å². The number of hydrogen-bond acceptors (Lipinski definition) is 4. The van der Waals surface area contributed by atoms with Crippen LogP contribution in [0.1, 0.15) is 25.7 Å². The standard InChI is InChI=1S/C12H19N3O5/c16-8-5-9(11(18)19)15(6-8)12(20)13-4-3-10(17)14-7-1-2-7/h7-9,16H,1-6H2,(H,13,20)(H,14,17)(H,18,19)/t8-,9-/m0/s1. The summed E-state index contributed by atoms with van der Waals surface area (Å²) in [4.78, 5) is 35.3. The second-order valence-electron chi connectivity index (χ2n) is 5.22. The topological polar surface area (TPSA) is 119 Å². The number of carbonyl (C=O) groups excluding carboxylic acids is 2. The van der Waals surface area contributed by atoms with Gasteiger partial charge in [-0.2, -0.15) is 0 Å². The van der Waals surface area contributed by atoms with Gasteiger partial charge >= 0.3 is 12.0 Å². The van der Waals surface area contributed by atoms with Crippen LogP contribution in [0, 0.1) is 0 Å². The third-order valence-corrected chi connectivity index (χ3v) is 3.40. The van der Waals surface area contributed by atoms with Gasteiger partial charge in [0.25, 0.3) is 0 Å². The fraction of sp³-hybridized carbons (Fsp3) is 0.750. The largest absolute Gasteiger partial charge is 0.480 e. The Morgan fingerprint density at radius 1 is 1.25 bits per heavy atom. The Bertz CT molecular complexity index is 410. The highest BCUT2D eigenvalue weighted by Gasteiger charge is 2.38. The van der Waals surface area contributed by atoms with Crippen molar-refractivity contribution in [2.75, 3.05) is 13.1 Å². The number of nitrogens with zero attached hydrogens (tertiary/aromatic N) is 1. The lowest BCUT2D eigenvalue weighted by atomic mass is 10.2. The van der Waals surface area contributed by atoms with Gasteiger partial charge < -0.3 is 25.7 Å². The van der Waals surface area contributed by atoms with E-state index in [0.29, 0.717) is 0 Å². The lowest BCUT2D eigenvalue weighted by molar-refractivity contribution is -0.141. The molecule has 20 heavy (non-hydrogen) atoms. The number of amides is 3. The number of rotatable bonds is 5. The van der Waals surface area contributed by atoms with Gasteiger partial charge in [-0.15, -0.1) is 0 Å². The molecule has 0 aromatic rings. The number of aliphatic carboxylic acids is 1. The predicted octanol–water partition coefficient (Wildman–Crippen LogP) is -1.12. The molecule has 3 amide bonds.